The Labute approximate surface area is 147 Å². The van der Waals surface area contributed by atoms with E-state index in [1.54, 1.807) is 0 Å². The molecular weight excluding hydrogens is 300 g/mol. The molecule has 1 atom stereocenters. The van der Waals surface area contributed by atoms with E-state index in [2.05, 4.69) is 58.4 Å². The maximum absolute atomic E-state index is 6.14. The van der Waals surface area contributed by atoms with Gasteiger partial charge < -0.3 is 14.2 Å². The molecule has 0 aromatic carbocycles. The maximum Gasteiger partial charge on any atom is 0.189 e. The summed E-state index contributed by atoms with van der Waals surface area (Å²) in [6, 6.07) is 2.62. The van der Waals surface area contributed by atoms with Crippen molar-refractivity contribution in [2.75, 3.05) is 48.4 Å². The van der Waals surface area contributed by atoms with Crippen LogP contribution in [0, 0.1) is 5.41 Å². The molecule has 23 heavy (non-hydrogen) atoms. The molecule has 0 heterocycles. The van der Waals surface area contributed by atoms with E-state index in [0.29, 0.717) is 5.41 Å². The van der Waals surface area contributed by atoms with Gasteiger partial charge >= 0.3 is 0 Å². The first-order chi connectivity index (χ1) is 10.7. The van der Waals surface area contributed by atoms with Gasteiger partial charge in [-0.1, -0.05) is 39.5 Å². The molecule has 0 saturated carbocycles. The first-order valence-electron chi connectivity index (χ1n) is 9.51. The molecule has 0 aromatic heterocycles. The lowest BCUT2D eigenvalue weighted by Gasteiger charge is -2.39. The Kier molecular flexibility index (Phi) is 11.7. The standard InChI is InChI=1S/C19H44N2OSi/c1-9-10-11-12-17-23(8,22-7)18-19(2,13-15-20(3)4)14-16-21(5)6/h9-18H2,1-8H3. The first kappa shape index (κ1) is 23.1. The van der Waals surface area contributed by atoms with Crippen molar-refractivity contribution in [3.05, 3.63) is 0 Å². The minimum absolute atomic E-state index is 0.399. The predicted octanol–water partition coefficient (Wildman–Crippen LogP) is 4.70. The predicted molar refractivity (Wildman–Crippen MR) is 107 cm³/mol. The Morgan fingerprint density at radius 3 is 1.83 bits per heavy atom. The molecule has 0 fully saturated rings. The van der Waals surface area contributed by atoms with Crippen LogP contribution in [0.2, 0.25) is 18.6 Å². The van der Waals surface area contributed by atoms with Gasteiger partial charge in [-0.3, -0.25) is 0 Å². The molecule has 3 nitrogen and oxygen atoms in total. The van der Waals surface area contributed by atoms with E-state index < -0.39 is 8.32 Å². The highest BCUT2D eigenvalue weighted by Crippen LogP contribution is 2.38. The van der Waals surface area contributed by atoms with Crippen LogP contribution in [0.15, 0.2) is 0 Å². The molecule has 1 unspecified atom stereocenters. The van der Waals surface area contributed by atoms with Gasteiger partial charge in [0.25, 0.3) is 0 Å². The summed E-state index contributed by atoms with van der Waals surface area (Å²) in [5.41, 5.74) is 0.399. The van der Waals surface area contributed by atoms with E-state index in [1.165, 1.54) is 63.7 Å². The molecule has 0 radical (unpaired) electrons. The lowest BCUT2D eigenvalue weighted by molar-refractivity contribution is 0.217. The van der Waals surface area contributed by atoms with Crippen molar-refractivity contribution < 1.29 is 4.43 Å². The molecular formula is C19H44N2OSi. The van der Waals surface area contributed by atoms with Crippen molar-refractivity contribution in [3.8, 4) is 0 Å². The first-order valence-corrected chi connectivity index (χ1v) is 12.3. The van der Waals surface area contributed by atoms with E-state index in [1.807, 2.05) is 7.11 Å². The van der Waals surface area contributed by atoms with E-state index in [-0.39, 0.29) is 0 Å². The maximum atomic E-state index is 6.14. The topological polar surface area (TPSA) is 15.7 Å². The van der Waals surface area contributed by atoms with E-state index in [0.717, 1.165) is 0 Å². The van der Waals surface area contributed by atoms with Crippen LogP contribution >= 0.6 is 0 Å². The SMILES string of the molecule is CCCCCC[Si](C)(CC(C)(CCN(C)C)CCN(C)C)OC. The van der Waals surface area contributed by atoms with Gasteiger partial charge in [-0.15, -0.1) is 0 Å². The van der Waals surface area contributed by atoms with Crippen LogP contribution in [0.3, 0.4) is 0 Å². The van der Waals surface area contributed by atoms with Crippen molar-refractivity contribution in [3.63, 3.8) is 0 Å². The summed E-state index contributed by atoms with van der Waals surface area (Å²) in [6.45, 7) is 9.59. The lowest BCUT2D eigenvalue weighted by atomic mass is 9.85. The van der Waals surface area contributed by atoms with Crippen LogP contribution in [0.1, 0.15) is 52.4 Å². The molecule has 0 rings (SSSR count). The molecule has 0 aliphatic rings. The zero-order chi connectivity index (χ0) is 17.9. The van der Waals surface area contributed by atoms with Gasteiger partial charge in [0.1, 0.15) is 0 Å². The Balaban J connectivity index is 4.76. The second kappa shape index (κ2) is 11.6. The summed E-state index contributed by atoms with van der Waals surface area (Å²) in [6.07, 6.45) is 7.95. The van der Waals surface area contributed by atoms with Crippen LogP contribution in [0.4, 0.5) is 0 Å². The summed E-state index contributed by atoms with van der Waals surface area (Å²) in [5.74, 6) is 0. The summed E-state index contributed by atoms with van der Waals surface area (Å²) in [5, 5.41) is 0. The van der Waals surface area contributed by atoms with Crippen molar-refractivity contribution in [1.29, 1.82) is 0 Å². The van der Waals surface area contributed by atoms with Gasteiger partial charge in [-0.2, -0.15) is 0 Å². The Bertz CT molecular complexity index is 285. The molecule has 0 saturated heterocycles. The Hall–Kier alpha value is 0.0969. The largest absolute Gasteiger partial charge is 0.420 e. The molecule has 0 spiro atoms. The van der Waals surface area contributed by atoms with Crippen molar-refractivity contribution in [2.45, 2.75) is 71.0 Å². The number of hydrogen-bond donors (Lipinski definition) is 0. The molecule has 0 aliphatic heterocycles. The van der Waals surface area contributed by atoms with E-state index in [4.69, 9.17) is 4.43 Å². The third kappa shape index (κ3) is 11.3. The summed E-state index contributed by atoms with van der Waals surface area (Å²) >= 11 is 0. The van der Waals surface area contributed by atoms with Crippen molar-refractivity contribution in [2.24, 2.45) is 5.41 Å². The monoisotopic (exact) mass is 344 g/mol. The molecule has 0 aliphatic carbocycles. The van der Waals surface area contributed by atoms with Crippen molar-refractivity contribution in [1.82, 2.24) is 9.80 Å². The minimum atomic E-state index is -1.59. The fourth-order valence-electron chi connectivity index (χ4n) is 3.38. The number of hydrogen-bond acceptors (Lipinski definition) is 3. The highest BCUT2D eigenvalue weighted by Gasteiger charge is 2.37. The van der Waals surface area contributed by atoms with Gasteiger partial charge in [-0.25, -0.2) is 0 Å². The molecule has 0 N–H and O–H groups in total. The highest BCUT2D eigenvalue weighted by molar-refractivity contribution is 6.72. The summed E-state index contributed by atoms with van der Waals surface area (Å²) < 4.78 is 6.14. The molecule has 4 heteroatoms. The summed E-state index contributed by atoms with van der Waals surface area (Å²) in [4.78, 5) is 4.64. The van der Waals surface area contributed by atoms with Crippen LogP contribution < -0.4 is 0 Å². The van der Waals surface area contributed by atoms with Crippen LogP contribution in [-0.2, 0) is 4.43 Å². The third-order valence-electron chi connectivity index (χ3n) is 5.18. The molecule has 0 amide bonds. The second-order valence-corrected chi connectivity index (χ2v) is 12.7. The Morgan fingerprint density at radius 2 is 1.43 bits per heavy atom. The van der Waals surface area contributed by atoms with Gasteiger partial charge in [-0.05, 0) is 78.2 Å². The summed E-state index contributed by atoms with van der Waals surface area (Å²) in [7, 11) is 9.11. The highest BCUT2D eigenvalue weighted by atomic mass is 28.4. The van der Waals surface area contributed by atoms with Crippen molar-refractivity contribution >= 4 is 8.32 Å². The van der Waals surface area contributed by atoms with Gasteiger partial charge in [0.05, 0.1) is 0 Å². The van der Waals surface area contributed by atoms with Gasteiger partial charge in [0.2, 0.25) is 0 Å². The van der Waals surface area contributed by atoms with Gasteiger partial charge in [0, 0.05) is 7.11 Å². The molecule has 0 bridgehead atoms. The minimum Gasteiger partial charge on any atom is -0.420 e. The third-order valence-corrected chi connectivity index (χ3v) is 9.18. The molecule has 140 valence electrons. The van der Waals surface area contributed by atoms with Gasteiger partial charge in [0.15, 0.2) is 8.32 Å². The van der Waals surface area contributed by atoms with E-state index >= 15 is 0 Å². The normalized spacial score (nSPS) is 15.4. The smallest absolute Gasteiger partial charge is 0.189 e. The zero-order valence-electron chi connectivity index (χ0n) is 17.4. The quantitative estimate of drug-likeness (QED) is 0.335. The number of nitrogens with zero attached hydrogens (tertiary/aromatic N) is 2. The molecule has 0 aromatic rings. The lowest BCUT2D eigenvalue weighted by Crippen LogP contribution is -2.41. The Morgan fingerprint density at radius 1 is 0.913 bits per heavy atom. The average molecular weight is 345 g/mol. The van der Waals surface area contributed by atoms with Crippen LogP contribution in [0.25, 0.3) is 0 Å². The number of unbranched alkanes of at least 4 members (excludes halogenated alkanes) is 3. The fourth-order valence-corrected chi connectivity index (χ4v) is 7.06. The zero-order valence-corrected chi connectivity index (χ0v) is 18.4. The second-order valence-electron chi connectivity index (χ2n) is 8.56. The van der Waals surface area contributed by atoms with Crippen LogP contribution in [0.5, 0.6) is 0 Å². The van der Waals surface area contributed by atoms with Crippen LogP contribution in [-0.4, -0.2) is 66.5 Å². The van der Waals surface area contributed by atoms with E-state index in [9.17, 15) is 0 Å². The number of rotatable bonds is 14. The fraction of sp³-hybridized carbons (Fsp3) is 1.00. The average Bonchev–Trinajstić information content (AvgIpc) is 2.48.